The number of halogens is 2. The van der Waals surface area contributed by atoms with E-state index in [0.717, 1.165) is 5.56 Å². The molecule has 5 nitrogen and oxygen atoms in total. The molecule has 0 radical (unpaired) electrons. The minimum absolute atomic E-state index is 0.00594. The van der Waals surface area contributed by atoms with Gasteiger partial charge in [-0.1, -0.05) is 23.7 Å². The Morgan fingerprint density at radius 3 is 2.29 bits per heavy atom. The van der Waals surface area contributed by atoms with Crippen LogP contribution >= 0.6 is 11.6 Å². The lowest BCUT2D eigenvalue weighted by Gasteiger charge is -2.08. The Bertz CT molecular complexity index is 793. The molecule has 128 valence electrons. The molecule has 0 aromatic heterocycles. The fourth-order valence-corrected chi connectivity index (χ4v) is 3.05. The zero-order valence-corrected chi connectivity index (χ0v) is 14.2. The van der Waals surface area contributed by atoms with Gasteiger partial charge in [0, 0.05) is 24.5 Å². The summed E-state index contributed by atoms with van der Waals surface area (Å²) in [4.78, 5) is 11.8. The Balaban J connectivity index is 1.77. The molecule has 0 spiro atoms. The summed E-state index contributed by atoms with van der Waals surface area (Å²) in [5.74, 6) is -0.653. The molecule has 0 aliphatic heterocycles. The predicted octanol–water partition coefficient (Wildman–Crippen LogP) is 2.46. The SMILES string of the molecule is O=C(CCNS(=O)(=O)c1ccc(Cl)cc1)NCc1ccc(F)cc1. The minimum atomic E-state index is -3.67. The van der Waals surface area contributed by atoms with Gasteiger partial charge in [-0.3, -0.25) is 4.79 Å². The predicted molar refractivity (Wildman–Crippen MR) is 89.5 cm³/mol. The highest BCUT2D eigenvalue weighted by Crippen LogP contribution is 2.13. The van der Waals surface area contributed by atoms with E-state index in [-0.39, 0.29) is 36.1 Å². The minimum Gasteiger partial charge on any atom is -0.352 e. The van der Waals surface area contributed by atoms with Crippen molar-refractivity contribution in [2.75, 3.05) is 6.54 Å². The van der Waals surface area contributed by atoms with Crippen LogP contribution in [0, 0.1) is 5.82 Å². The first-order chi connectivity index (χ1) is 11.4. The van der Waals surface area contributed by atoms with Gasteiger partial charge in [-0.2, -0.15) is 0 Å². The molecule has 2 aromatic carbocycles. The molecule has 24 heavy (non-hydrogen) atoms. The summed E-state index contributed by atoms with van der Waals surface area (Å²) in [7, 11) is -3.67. The lowest BCUT2D eigenvalue weighted by Crippen LogP contribution is -2.30. The number of benzene rings is 2. The van der Waals surface area contributed by atoms with Gasteiger partial charge in [0.15, 0.2) is 0 Å². The molecule has 0 bridgehead atoms. The summed E-state index contributed by atoms with van der Waals surface area (Å²) >= 11 is 5.71. The van der Waals surface area contributed by atoms with Crippen LogP contribution in [0.2, 0.25) is 5.02 Å². The largest absolute Gasteiger partial charge is 0.352 e. The van der Waals surface area contributed by atoms with Crippen LogP contribution < -0.4 is 10.0 Å². The summed E-state index contributed by atoms with van der Waals surface area (Å²) in [5, 5.41) is 3.08. The van der Waals surface area contributed by atoms with E-state index in [1.165, 1.54) is 36.4 Å². The monoisotopic (exact) mass is 370 g/mol. The van der Waals surface area contributed by atoms with Crippen LogP contribution in [0.3, 0.4) is 0 Å². The number of nitrogens with one attached hydrogen (secondary N) is 2. The molecule has 1 amide bonds. The molecule has 2 aromatic rings. The zero-order valence-electron chi connectivity index (χ0n) is 12.6. The highest BCUT2D eigenvalue weighted by atomic mass is 35.5. The van der Waals surface area contributed by atoms with E-state index < -0.39 is 10.0 Å². The lowest BCUT2D eigenvalue weighted by molar-refractivity contribution is -0.121. The lowest BCUT2D eigenvalue weighted by atomic mass is 10.2. The molecule has 2 N–H and O–H groups in total. The van der Waals surface area contributed by atoms with Crippen molar-refractivity contribution in [3.8, 4) is 0 Å². The average molecular weight is 371 g/mol. The summed E-state index contributed by atoms with van der Waals surface area (Å²) in [6, 6.07) is 11.5. The molecule has 0 atom stereocenters. The molecule has 0 saturated carbocycles. The average Bonchev–Trinajstić information content (AvgIpc) is 2.54. The Morgan fingerprint density at radius 1 is 1.04 bits per heavy atom. The third kappa shape index (κ3) is 5.59. The second kappa shape index (κ2) is 8.23. The summed E-state index contributed by atoms with van der Waals surface area (Å²) < 4.78 is 39.1. The van der Waals surface area contributed by atoms with E-state index in [2.05, 4.69) is 10.0 Å². The van der Waals surface area contributed by atoms with Crippen LogP contribution in [0.5, 0.6) is 0 Å². The number of amides is 1. The first-order valence-electron chi connectivity index (χ1n) is 7.13. The van der Waals surface area contributed by atoms with E-state index in [4.69, 9.17) is 11.6 Å². The van der Waals surface area contributed by atoms with Crippen molar-refractivity contribution in [2.24, 2.45) is 0 Å². The number of hydrogen-bond acceptors (Lipinski definition) is 3. The number of sulfonamides is 1. The highest BCUT2D eigenvalue weighted by Gasteiger charge is 2.13. The second-order valence-electron chi connectivity index (χ2n) is 5.00. The summed E-state index contributed by atoms with van der Waals surface area (Å²) in [5.41, 5.74) is 0.756. The fourth-order valence-electron chi connectivity index (χ4n) is 1.89. The van der Waals surface area contributed by atoms with E-state index in [1.54, 1.807) is 12.1 Å². The number of hydrogen-bond donors (Lipinski definition) is 2. The van der Waals surface area contributed by atoms with E-state index >= 15 is 0 Å². The highest BCUT2D eigenvalue weighted by molar-refractivity contribution is 7.89. The smallest absolute Gasteiger partial charge is 0.240 e. The maximum absolute atomic E-state index is 12.8. The number of carbonyl (C=O) groups excluding carboxylic acids is 1. The fraction of sp³-hybridized carbons (Fsp3) is 0.188. The standard InChI is InChI=1S/C16H16ClFN2O3S/c17-13-3-7-15(8-4-13)24(22,23)20-10-9-16(21)19-11-12-1-5-14(18)6-2-12/h1-8,20H,9-11H2,(H,19,21). The van der Waals surface area contributed by atoms with Crippen LogP contribution in [0.15, 0.2) is 53.4 Å². The van der Waals surface area contributed by atoms with Crippen LogP contribution in [0.25, 0.3) is 0 Å². The molecule has 0 aliphatic rings. The first-order valence-corrected chi connectivity index (χ1v) is 8.99. The third-order valence-corrected chi connectivity index (χ3v) is 4.90. The first kappa shape index (κ1) is 18.4. The van der Waals surface area contributed by atoms with Crippen molar-refractivity contribution < 1.29 is 17.6 Å². The van der Waals surface area contributed by atoms with Crippen LogP contribution in [-0.2, 0) is 21.4 Å². The molecule has 0 aliphatic carbocycles. The van der Waals surface area contributed by atoms with Gasteiger partial charge in [-0.05, 0) is 42.0 Å². The van der Waals surface area contributed by atoms with Crippen molar-refractivity contribution in [1.82, 2.24) is 10.0 Å². The zero-order chi connectivity index (χ0) is 17.6. The third-order valence-electron chi connectivity index (χ3n) is 3.17. The van der Waals surface area contributed by atoms with Crippen molar-refractivity contribution in [1.29, 1.82) is 0 Å². The molecular formula is C16H16ClFN2O3S. The number of carbonyl (C=O) groups is 1. The number of rotatable bonds is 7. The van der Waals surface area contributed by atoms with Gasteiger partial charge in [-0.25, -0.2) is 17.5 Å². The van der Waals surface area contributed by atoms with Gasteiger partial charge in [-0.15, -0.1) is 0 Å². The Kier molecular flexibility index (Phi) is 6.30. The molecule has 0 unspecified atom stereocenters. The molecule has 0 fully saturated rings. The summed E-state index contributed by atoms with van der Waals surface area (Å²) in [6.45, 7) is 0.225. The molecule has 0 saturated heterocycles. The topological polar surface area (TPSA) is 75.3 Å². The van der Waals surface area contributed by atoms with Crippen molar-refractivity contribution in [2.45, 2.75) is 17.9 Å². The van der Waals surface area contributed by atoms with Gasteiger partial charge in [0.2, 0.25) is 15.9 Å². The normalized spacial score (nSPS) is 11.2. The quantitative estimate of drug-likeness (QED) is 0.786. The van der Waals surface area contributed by atoms with Crippen LogP contribution in [0.1, 0.15) is 12.0 Å². The van der Waals surface area contributed by atoms with Crippen LogP contribution in [-0.4, -0.2) is 20.9 Å². The molecular weight excluding hydrogens is 355 g/mol. The van der Waals surface area contributed by atoms with Gasteiger partial charge in [0.25, 0.3) is 0 Å². The van der Waals surface area contributed by atoms with Crippen molar-refractivity contribution in [3.63, 3.8) is 0 Å². The van der Waals surface area contributed by atoms with E-state index in [1.807, 2.05) is 0 Å². The maximum atomic E-state index is 12.8. The van der Waals surface area contributed by atoms with Gasteiger partial charge >= 0.3 is 0 Å². The van der Waals surface area contributed by atoms with Gasteiger partial charge in [0.1, 0.15) is 5.82 Å². The molecule has 8 heteroatoms. The Hall–Kier alpha value is -1.96. The van der Waals surface area contributed by atoms with Crippen molar-refractivity contribution in [3.05, 3.63) is 64.9 Å². The van der Waals surface area contributed by atoms with Gasteiger partial charge in [0.05, 0.1) is 4.90 Å². The maximum Gasteiger partial charge on any atom is 0.240 e. The Morgan fingerprint density at radius 2 is 1.67 bits per heavy atom. The van der Waals surface area contributed by atoms with Gasteiger partial charge < -0.3 is 5.32 Å². The van der Waals surface area contributed by atoms with E-state index in [0.29, 0.717) is 5.02 Å². The molecule has 2 rings (SSSR count). The molecule has 0 heterocycles. The van der Waals surface area contributed by atoms with Crippen LogP contribution in [0.4, 0.5) is 4.39 Å². The van der Waals surface area contributed by atoms with Crippen molar-refractivity contribution >= 4 is 27.5 Å². The summed E-state index contributed by atoms with van der Waals surface area (Å²) in [6.07, 6.45) is -0.00594. The second-order valence-corrected chi connectivity index (χ2v) is 7.21. The van der Waals surface area contributed by atoms with E-state index in [9.17, 15) is 17.6 Å². The Labute approximate surface area is 144 Å².